The van der Waals surface area contributed by atoms with Crippen LogP contribution >= 0.6 is 0 Å². The first kappa shape index (κ1) is 16.8. The lowest BCUT2D eigenvalue weighted by Crippen LogP contribution is -2.33. The molecule has 1 atom stereocenters. The van der Waals surface area contributed by atoms with Crippen LogP contribution in [0, 0.1) is 0 Å². The van der Waals surface area contributed by atoms with Gasteiger partial charge in [-0.1, -0.05) is 30.3 Å². The minimum atomic E-state index is -0.646. The number of benzene rings is 2. The summed E-state index contributed by atoms with van der Waals surface area (Å²) in [4.78, 5) is 11.4. The average molecular weight is 315 g/mol. The molecule has 0 aliphatic carbocycles. The largest absolute Gasteiger partial charge is 0.493 e. The van der Waals surface area contributed by atoms with E-state index in [1.807, 2.05) is 42.5 Å². The molecular formula is C18H21NO4. The summed E-state index contributed by atoms with van der Waals surface area (Å²) in [6.07, 6.45) is 0.443. The first-order valence-corrected chi connectivity index (χ1v) is 7.23. The lowest BCUT2D eigenvalue weighted by Gasteiger charge is -2.11. The quantitative estimate of drug-likeness (QED) is 0.829. The fraction of sp³-hybridized carbons (Fsp3) is 0.278. The summed E-state index contributed by atoms with van der Waals surface area (Å²) in [6, 6.07) is 13.0. The molecule has 0 heterocycles. The van der Waals surface area contributed by atoms with Crippen LogP contribution in [0.1, 0.15) is 5.56 Å². The van der Waals surface area contributed by atoms with Crippen molar-refractivity contribution in [3.63, 3.8) is 0 Å². The Morgan fingerprint density at radius 3 is 2.13 bits per heavy atom. The second kappa shape index (κ2) is 7.65. The third-order valence-electron chi connectivity index (χ3n) is 3.63. The second-order valence-corrected chi connectivity index (χ2v) is 5.10. The summed E-state index contributed by atoms with van der Waals surface area (Å²) in [5.41, 5.74) is 8.82. The van der Waals surface area contributed by atoms with Crippen molar-refractivity contribution in [1.82, 2.24) is 0 Å². The maximum Gasteiger partial charge on any atom is 0.322 e. The highest BCUT2D eigenvalue weighted by atomic mass is 16.5. The van der Waals surface area contributed by atoms with Gasteiger partial charge in [0.25, 0.3) is 0 Å². The Balaban J connectivity index is 2.18. The molecule has 2 aromatic rings. The molecule has 122 valence electrons. The summed E-state index contributed by atoms with van der Waals surface area (Å²) < 4.78 is 15.2. The molecule has 0 fully saturated rings. The van der Waals surface area contributed by atoms with E-state index in [4.69, 9.17) is 15.2 Å². The van der Waals surface area contributed by atoms with E-state index >= 15 is 0 Å². The lowest BCUT2D eigenvalue weighted by atomic mass is 10.0. The number of ether oxygens (including phenoxy) is 3. The maximum absolute atomic E-state index is 11.4. The molecule has 0 radical (unpaired) electrons. The van der Waals surface area contributed by atoms with E-state index in [0.717, 1.165) is 16.7 Å². The molecule has 1 unspecified atom stereocenters. The van der Waals surface area contributed by atoms with Gasteiger partial charge >= 0.3 is 5.97 Å². The average Bonchev–Trinajstić information content (AvgIpc) is 2.60. The Hall–Kier alpha value is -2.53. The summed E-state index contributed by atoms with van der Waals surface area (Å²) in [5, 5.41) is 0. The molecule has 5 nitrogen and oxygen atoms in total. The van der Waals surface area contributed by atoms with Crippen molar-refractivity contribution in [2.45, 2.75) is 12.5 Å². The van der Waals surface area contributed by atoms with Crippen LogP contribution in [0.15, 0.2) is 42.5 Å². The predicted octanol–water partition coefficient (Wildman–Crippen LogP) is 2.41. The second-order valence-electron chi connectivity index (χ2n) is 5.10. The molecule has 0 aromatic heterocycles. The number of rotatable bonds is 6. The van der Waals surface area contributed by atoms with Gasteiger partial charge in [0.15, 0.2) is 11.5 Å². The molecule has 5 heteroatoms. The van der Waals surface area contributed by atoms with Crippen molar-refractivity contribution < 1.29 is 19.0 Å². The van der Waals surface area contributed by atoms with Crippen LogP contribution in [0.25, 0.3) is 11.1 Å². The van der Waals surface area contributed by atoms with Crippen molar-refractivity contribution in [2.75, 3.05) is 21.3 Å². The number of hydrogen-bond donors (Lipinski definition) is 1. The van der Waals surface area contributed by atoms with Gasteiger partial charge in [0.05, 0.1) is 21.3 Å². The molecule has 0 saturated carbocycles. The van der Waals surface area contributed by atoms with Gasteiger partial charge in [-0.25, -0.2) is 0 Å². The fourth-order valence-corrected chi connectivity index (χ4v) is 2.34. The Morgan fingerprint density at radius 2 is 1.57 bits per heavy atom. The highest BCUT2D eigenvalue weighted by Crippen LogP contribution is 2.32. The van der Waals surface area contributed by atoms with Crippen molar-refractivity contribution in [2.24, 2.45) is 5.73 Å². The Labute approximate surface area is 136 Å². The fourth-order valence-electron chi connectivity index (χ4n) is 2.34. The molecule has 0 aliphatic rings. The molecule has 0 aliphatic heterocycles. The van der Waals surface area contributed by atoms with Crippen LogP contribution in [0.2, 0.25) is 0 Å². The molecule has 2 rings (SSSR count). The Kier molecular flexibility index (Phi) is 5.60. The van der Waals surface area contributed by atoms with Crippen LogP contribution in [-0.2, 0) is 16.0 Å². The van der Waals surface area contributed by atoms with Crippen LogP contribution in [-0.4, -0.2) is 33.3 Å². The van der Waals surface area contributed by atoms with Gasteiger partial charge in [0, 0.05) is 0 Å². The van der Waals surface area contributed by atoms with Gasteiger partial charge in [-0.3, -0.25) is 4.79 Å². The first-order valence-electron chi connectivity index (χ1n) is 7.23. The zero-order valence-electron chi connectivity index (χ0n) is 13.5. The number of carbonyl (C=O) groups excluding carboxylic acids is 1. The van der Waals surface area contributed by atoms with E-state index in [2.05, 4.69) is 4.74 Å². The standard InChI is InChI=1S/C18H21NO4/c1-21-16-9-8-14(11-17(16)22-2)13-6-4-12(5-7-13)10-15(19)18(20)23-3/h4-9,11,15H,10,19H2,1-3H3. The molecule has 2 aromatic carbocycles. The molecule has 0 spiro atoms. The number of carbonyl (C=O) groups is 1. The van der Waals surface area contributed by atoms with E-state index in [1.54, 1.807) is 14.2 Å². The number of hydrogen-bond acceptors (Lipinski definition) is 5. The first-order chi connectivity index (χ1) is 11.1. The van der Waals surface area contributed by atoms with Crippen molar-refractivity contribution >= 4 is 5.97 Å². The van der Waals surface area contributed by atoms with E-state index in [9.17, 15) is 4.79 Å². The Morgan fingerprint density at radius 1 is 0.957 bits per heavy atom. The van der Waals surface area contributed by atoms with Gasteiger partial charge in [0.2, 0.25) is 0 Å². The third kappa shape index (κ3) is 4.02. The van der Waals surface area contributed by atoms with E-state index < -0.39 is 12.0 Å². The minimum absolute atomic E-state index is 0.408. The zero-order valence-corrected chi connectivity index (χ0v) is 13.5. The van der Waals surface area contributed by atoms with Gasteiger partial charge in [-0.05, 0) is 35.2 Å². The molecule has 0 saturated heterocycles. The third-order valence-corrected chi connectivity index (χ3v) is 3.63. The lowest BCUT2D eigenvalue weighted by molar-refractivity contribution is -0.142. The van der Waals surface area contributed by atoms with Crippen LogP contribution in [0.3, 0.4) is 0 Å². The van der Waals surface area contributed by atoms with Crippen molar-refractivity contribution in [3.05, 3.63) is 48.0 Å². The van der Waals surface area contributed by atoms with Gasteiger partial charge in [-0.2, -0.15) is 0 Å². The van der Waals surface area contributed by atoms with Crippen molar-refractivity contribution in [1.29, 1.82) is 0 Å². The summed E-state index contributed by atoms with van der Waals surface area (Å²) in [5.74, 6) is 0.965. The van der Waals surface area contributed by atoms with Crippen LogP contribution in [0.5, 0.6) is 11.5 Å². The minimum Gasteiger partial charge on any atom is -0.493 e. The number of methoxy groups -OCH3 is 3. The zero-order chi connectivity index (χ0) is 16.8. The highest BCUT2D eigenvalue weighted by molar-refractivity contribution is 5.75. The topological polar surface area (TPSA) is 70.8 Å². The van der Waals surface area contributed by atoms with Crippen molar-refractivity contribution in [3.8, 4) is 22.6 Å². The van der Waals surface area contributed by atoms with E-state index in [0.29, 0.717) is 17.9 Å². The van der Waals surface area contributed by atoms with E-state index in [-0.39, 0.29) is 0 Å². The van der Waals surface area contributed by atoms with Crippen LogP contribution < -0.4 is 15.2 Å². The Bertz CT molecular complexity index is 667. The van der Waals surface area contributed by atoms with E-state index in [1.165, 1.54) is 7.11 Å². The van der Waals surface area contributed by atoms with Gasteiger partial charge in [0.1, 0.15) is 6.04 Å². The molecule has 0 amide bonds. The van der Waals surface area contributed by atoms with Gasteiger partial charge < -0.3 is 19.9 Å². The monoisotopic (exact) mass is 315 g/mol. The molecule has 0 bridgehead atoms. The molecule has 2 N–H and O–H groups in total. The number of nitrogens with two attached hydrogens (primary N) is 1. The van der Waals surface area contributed by atoms with Crippen LogP contribution in [0.4, 0.5) is 0 Å². The smallest absolute Gasteiger partial charge is 0.322 e. The summed E-state index contributed by atoms with van der Waals surface area (Å²) in [7, 11) is 4.55. The normalized spacial score (nSPS) is 11.7. The maximum atomic E-state index is 11.4. The number of esters is 1. The summed E-state index contributed by atoms with van der Waals surface area (Å²) in [6.45, 7) is 0. The molecule has 23 heavy (non-hydrogen) atoms. The summed E-state index contributed by atoms with van der Waals surface area (Å²) >= 11 is 0. The van der Waals surface area contributed by atoms with Gasteiger partial charge in [-0.15, -0.1) is 0 Å². The predicted molar refractivity (Wildman–Crippen MR) is 88.7 cm³/mol. The SMILES string of the molecule is COC(=O)C(N)Cc1ccc(-c2ccc(OC)c(OC)c2)cc1. The molecular weight excluding hydrogens is 294 g/mol. The highest BCUT2D eigenvalue weighted by Gasteiger charge is 2.14.